The van der Waals surface area contributed by atoms with E-state index in [1.165, 1.54) is 22.5 Å². The van der Waals surface area contributed by atoms with Gasteiger partial charge in [0.15, 0.2) is 0 Å². The third-order valence-electron chi connectivity index (χ3n) is 6.21. The van der Waals surface area contributed by atoms with E-state index in [1.54, 1.807) is 54.6 Å². The fraction of sp³-hybridized carbons (Fsp3) is 0.308. The molecule has 8 heteroatoms. The van der Waals surface area contributed by atoms with Gasteiger partial charge in [-0.25, -0.2) is 17.2 Å². The van der Waals surface area contributed by atoms with Gasteiger partial charge in [0.2, 0.25) is 10.0 Å². The van der Waals surface area contributed by atoms with Gasteiger partial charge in [-0.1, -0.05) is 54.1 Å². The normalized spacial score (nSPS) is 16.8. The van der Waals surface area contributed by atoms with Crippen LogP contribution in [0.3, 0.4) is 0 Å². The van der Waals surface area contributed by atoms with Gasteiger partial charge < -0.3 is 9.84 Å². The quantitative estimate of drug-likeness (QED) is 0.474. The number of halogens is 2. The predicted molar refractivity (Wildman–Crippen MR) is 126 cm³/mol. The molecule has 0 spiro atoms. The number of aliphatic hydroxyl groups excluding tert-OH is 1. The molecule has 1 aliphatic heterocycles. The van der Waals surface area contributed by atoms with Gasteiger partial charge in [0, 0.05) is 24.6 Å². The summed E-state index contributed by atoms with van der Waals surface area (Å²) in [4.78, 5) is 0.148. The van der Waals surface area contributed by atoms with E-state index >= 15 is 8.78 Å². The molecule has 0 amide bonds. The summed E-state index contributed by atoms with van der Waals surface area (Å²) in [5.74, 6) is -4.01. The van der Waals surface area contributed by atoms with Crippen LogP contribution in [0.4, 0.5) is 8.78 Å². The SMILES string of the molecule is Cc1ccc(S(=O)(=O)N2CCC(C(F)(F)C(O)c3ccccc3Oc3ccccc3)CC2)cc1. The lowest BCUT2D eigenvalue weighted by molar-refractivity contribution is -0.159. The Morgan fingerprint density at radius 3 is 2.18 bits per heavy atom. The van der Waals surface area contributed by atoms with Crippen LogP contribution >= 0.6 is 0 Å². The maximum Gasteiger partial charge on any atom is 0.280 e. The highest BCUT2D eigenvalue weighted by Gasteiger charge is 2.49. The molecule has 180 valence electrons. The van der Waals surface area contributed by atoms with Gasteiger partial charge in [-0.15, -0.1) is 0 Å². The number of aliphatic hydroxyl groups is 1. The number of piperidine rings is 1. The molecule has 3 aromatic carbocycles. The van der Waals surface area contributed by atoms with E-state index in [1.807, 2.05) is 13.0 Å². The van der Waals surface area contributed by atoms with Crippen molar-refractivity contribution < 1.29 is 27.0 Å². The van der Waals surface area contributed by atoms with Crippen LogP contribution in [0.25, 0.3) is 0 Å². The lowest BCUT2D eigenvalue weighted by Crippen LogP contribution is -2.45. The summed E-state index contributed by atoms with van der Waals surface area (Å²) in [6.07, 6.45) is -2.20. The molecule has 1 heterocycles. The second-order valence-electron chi connectivity index (χ2n) is 8.52. The lowest BCUT2D eigenvalue weighted by Gasteiger charge is -2.37. The van der Waals surface area contributed by atoms with Crippen molar-refractivity contribution in [3.8, 4) is 11.5 Å². The van der Waals surface area contributed by atoms with Crippen LogP contribution in [0.2, 0.25) is 0 Å². The minimum atomic E-state index is -3.76. The fourth-order valence-electron chi connectivity index (χ4n) is 4.19. The van der Waals surface area contributed by atoms with Gasteiger partial charge >= 0.3 is 0 Å². The Bertz CT molecular complexity index is 1210. The van der Waals surface area contributed by atoms with E-state index in [2.05, 4.69) is 0 Å². The molecular formula is C26H27F2NO4S. The number of sulfonamides is 1. The maximum absolute atomic E-state index is 15.4. The summed E-state index contributed by atoms with van der Waals surface area (Å²) < 4.78 is 63.6. The first-order valence-electron chi connectivity index (χ1n) is 11.1. The molecule has 0 bridgehead atoms. The molecule has 4 rings (SSSR count). The Morgan fingerprint density at radius 1 is 0.941 bits per heavy atom. The first-order valence-corrected chi connectivity index (χ1v) is 12.6. The number of rotatable bonds is 7. The zero-order valence-electron chi connectivity index (χ0n) is 18.8. The molecule has 0 aliphatic carbocycles. The summed E-state index contributed by atoms with van der Waals surface area (Å²) in [7, 11) is -3.76. The lowest BCUT2D eigenvalue weighted by atomic mass is 9.85. The third-order valence-corrected chi connectivity index (χ3v) is 8.12. The molecule has 1 N–H and O–H groups in total. The highest BCUT2D eigenvalue weighted by Crippen LogP contribution is 2.45. The topological polar surface area (TPSA) is 66.8 Å². The number of nitrogens with zero attached hydrogens (tertiary/aromatic N) is 1. The molecule has 1 aliphatic rings. The molecule has 0 aromatic heterocycles. The first kappa shape index (κ1) is 24.3. The van der Waals surface area contributed by atoms with Crippen LogP contribution in [0.5, 0.6) is 11.5 Å². The largest absolute Gasteiger partial charge is 0.457 e. The maximum atomic E-state index is 15.4. The average Bonchev–Trinajstić information content (AvgIpc) is 2.85. The molecule has 1 atom stereocenters. The number of benzene rings is 3. The molecule has 1 fully saturated rings. The number of hydrogen-bond donors (Lipinski definition) is 1. The predicted octanol–water partition coefficient (Wildman–Crippen LogP) is 5.56. The molecule has 34 heavy (non-hydrogen) atoms. The minimum absolute atomic E-state index is 0.00828. The standard InChI is InChI=1S/C26H27F2NO4S/c1-19-11-13-22(14-12-19)34(31,32)29-17-15-20(16-18-29)26(27,28)25(30)23-9-5-6-10-24(23)33-21-7-3-2-4-8-21/h2-14,20,25,30H,15-18H2,1H3. The summed E-state index contributed by atoms with van der Waals surface area (Å²) in [6, 6.07) is 21.4. The van der Waals surface area contributed by atoms with Gasteiger partial charge in [0.25, 0.3) is 5.92 Å². The van der Waals surface area contributed by atoms with E-state index in [0.29, 0.717) is 5.75 Å². The summed E-state index contributed by atoms with van der Waals surface area (Å²) in [5.41, 5.74) is 0.925. The molecule has 1 saturated heterocycles. The van der Waals surface area contributed by atoms with Crippen molar-refractivity contribution in [2.75, 3.05) is 13.1 Å². The average molecular weight is 488 g/mol. The van der Waals surface area contributed by atoms with Crippen molar-refractivity contribution in [3.05, 3.63) is 90.0 Å². The van der Waals surface area contributed by atoms with Crippen molar-refractivity contribution in [3.63, 3.8) is 0 Å². The van der Waals surface area contributed by atoms with Crippen LogP contribution < -0.4 is 4.74 Å². The Balaban J connectivity index is 1.48. The van der Waals surface area contributed by atoms with E-state index in [4.69, 9.17) is 4.74 Å². The Kier molecular flexibility index (Phi) is 7.02. The van der Waals surface area contributed by atoms with E-state index < -0.39 is 28.0 Å². The number of ether oxygens (including phenoxy) is 1. The number of hydrogen-bond acceptors (Lipinski definition) is 4. The Morgan fingerprint density at radius 2 is 1.53 bits per heavy atom. The zero-order chi connectivity index (χ0) is 24.3. The highest BCUT2D eigenvalue weighted by atomic mass is 32.2. The van der Waals surface area contributed by atoms with Crippen LogP contribution in [0.1, 0.15) is 30.1 Å². The molecule has 3 aromatic rings. The summed E-state index contributed by atoms with van der Waals surface area (Å²) in [5, 5.41) is 10.7. The van der Waals surface area contributed by atoms with Gasteiger partial charge in [0.05, 0.1) is 4.90 Å². The molecule has 5 nitrogen and oxygen atoms in total. The summed E-state index contributed by atoms with van der Waals surface area (Å²) >= 11 is 0. The molecule has 1 unspecified atom stereocenters. The van der Waals surface area contributed by atoms with E-state index in [0.717, 1.165) is 5.56 Å². The Labute approximate surface area is 198 Å². The van der Waals surface area contributed by atoms with Crippen LogP contribution in [0, 0.1) is 12.8 Å². The second kappa shape index (κ2) is 9.82. The summed E-state index contributed by atoms with van der Waals surface area (Å²) in [6.45, 7) is 1.79. The van der Waals surface area contributed by atoms with Crippen molar-refractivity contribution in [2.24, 2.45) is 5.92 Å². The van der Waals surface area contributed by atoms with Crippen molar-refractivity contribution >= 4 is 10.0 Å². The van der Waals surface area contributed by atoms with Gasteiger partial charge in [-0.3, -0.25) is 0 Å². The first-order chi connectivity index (χ1) is 16.2. The smallest absolute Gasteiger partial charge is 0.280 e. The van der Waals surface area contributed by atoms with Crippen molar-refractivity contribution in [1.82, 2.24) is 4.31 Å². The van der Waals surface area contributed by atoms with E-state index in [-0.39, 0.29) is 42.1 Å². The highest BCUT2D eigenvalue weighted by molar-refractivity contribution is 7.89. The van der Waals surface area contributed by atoms with Gasteiger partial charge in [0.1, 0.15) is 17.6 Å². The monoisotopic (exact) mass is 487 g/mol. The van der Waals surface area contributed by atoms with Crippen molar-refractivity contribution in [1.29, 1.82) is 0 Å². The van der Waals surface area contributed by atoms with Crippen molar-refractivity contribution in [2.45, 2.75) is 36.7 Å². The second-order valence-corrected chi connectivity index (χ2v) is 10.5. The number of para-hydroxylation sites is 2. The third kappa shape index (κ3) is 4.99. The molecule has 0 radical (unpaired) electrons. The van der Waals surface area contributed by atoms with Crippen LogP contribution in [-0.2, 0) is 10.0 Å². The molecular weight excluding hydrogens is 460 g/mol. The zero-order valence-corrected chi connectivity index (χ0v) is 19.6. The minimum Gasteiger partial charge on any atom is -0.457 e. The van der Waals surface area contributed by atoms with E-state index in [9.17, 15) is 13.5 Å². The number of aryl methyl sites for hydroxylation is 1. The number of alkyl halides is 2. The van der Waals surface area contributed by atoms with Crippen LogP contribution in [-0.4, -0.2) is 36.8 Å². The van der Waals surface area contributed by atoms with Gasteiger partial charge in [-0.2, -0.15) is 4.31 Å². The Hall–Kier alpha value is -2.81. The molecule has 0 saturated carbocycles. The fourth-order valence-corrected chi connectivity index (χ4v) is 5.66. The van der Waals surface area contributed by atoms with Gasteiger partial charge in [-0.05, 0) is 50.1 Å². The van der Waals surface area contributed by atoms with Crippen LogP contribution in [0.15, 0.2) is 83.8 Å².